The van der Waals surface area contributed by atoms with Gasteiger partial charge in [-0.05, 0) is 29.3 Å². The number of hydrogen-bond donors (Lipinski definition) is 1. The lowest BCUT2D eigenvalue weighted by Gasteiger charge is -2.10. The van der Waals surface area contributed by atoms with Crippen LogP contribution in [-0.2, 0) is 11.2 Å². The first-order chi connectivity index (χ1) is 12.0. The SMILES string of the molecule is COC(=O)c1ccc(Cc2c[nH]c3ccc([N+](=O)[O-])cc23)c(OC)c1. The molecule has 2 aromatic carbocycles. The van der Waals surface area contributed by atoms with Crippen molar-refractivity contribution in [3.05, 3.63) is 69.4 Å². The summed E-state index contributed by atoms with van der Waals surface area (Å²) in [5, 5.41) is 11.8. The molecule has 0 saturated heterocycles. The quantitative estimate of drug-likeness (QED) is 0.436. The van der Waals surface area contributed by atoms with E-state index in [9.17, 15) is 14.9 Å². The number of aromatic amines is 1. The van der Waals surface area contributed by atoms with Gasteiger partial charge in [0.2, 0.25) is 0 Å². The molecule has 0 radical (unpaired) electrons. The van der Waals surface area contributed by atoms with Gasteiger partial charge in [0.1, 0.15) is 5.75 Å². The number of aromatic nitrogens is 1. The third kappa shape index (κ3) is 3.16. The second-order valence-corrected chi connectivity index (χ2v) is 5.50. The zero-order valence-corrected chi connectivity index (χ0v) is 13.7. The fourth-order valence-corrected chi connectivity index (χ4v) is 2.77. The van der Waals surface area contributed by atoms with E-state index in [4.69, 9.17) is 9.47 Å². The Bertz CT molecular complexity index is 961. The van der Waals surface area contributed by atoms with Gasteiger partial charge in [0.15, 0.2) is 0 Å². The highest BCUT2D eigenvalue weighted by molar-refractivity contribution is 5.90. The molecular formula is C18H16N2O5. The first-order valence-corrected chi connectivity index (χ1v) is 7.53. The zero-order chi connectivity index (χ0) is 18.0. The molecule has 25 heavy (non-hydrogen) atoms. The molecule has 3 rings (SSSR count). The van der Waals surface area contributed by atoms with E-state index in [0.717, 1.165) is 22.0 Å². The van der Waals surface area contributed by atoms with E-state index in [-0.39, 0.29) is 5.69 Å². The summed E-state index contributed by atoms with van der Waals surface area (Å²) in [5.41, 5.74) is 3.04. The average molecular weight is 340 g/mol. The number of rotatable bonds is 5. The number of nitro groups is 1. The smallest absolute Gasteiger partial charge is 0.337 e. The number of H-pyrrole nitrogens is 1. The molecule has 1 heterocycles. The fourth-order valence-electron chi connectivity index (χ4n) is 2.77. The predicted octanol–water partition coefficient (Wildman–Crippen LogP) is 3.46. The number of nitro benzene ring substituents is 1. The summed E-state index contributed by atoms with van der Waals surface area (Å²) in [5.74, 6) is 0.121. The number of non-ortho nitro benzene ring substituents is 1. The molecule has 0 aliphatic rings. The van der Waals surface area contributed by atoms with Crippen molar-refractivity contribution in [2.45, 2.75) is 6.42 Å². The van der Waals surface area contributed by atoms with Crippen molar-refractivity contribution in [1.82, 2.24) is 4.98 Å². The number of nitrogens with one attached hydrogen (secondary N) is 1. The van der Waals surface area contributed by atoms with Gasteiger partial charge < -0.3 is 14.5 Å². The van der Waals surface area contributed by atoms with E-state index in [0.29, 0.717) is 17.7 Å². The summed E-state index contributed by atoms with van der Waals surface area (Å²) in [6.07, 6.45) is 2.33. The van der Waals surface area contributed by atoms with Crippen LogP contribution in [0.25, 0.3) is 10.9 Å². The Hall–Kier alpha value is -3.35. The van der Waals surface area contributed by atoms with Crippen LogP contribution in [0.15, 0.2) is 42.6 Å². The lowest BCUT2D eigenvalue weighted by molar-refractivity contribution is -0.384. The fraction of sp³-hybridized carbons (Fsp3) is 0.167. The Morgan fingerprint density at radius 2 is 1.96 bits per heavy atom. The average Bonchev–Trinajstić information content (AvgIpc) is 3.03. The highest BCUT2D eigenvalue weighted by Gasteiger charge is 2.14. The van der Waals surface area contributed by atoms with E-state index in [1.165, 1.54) is 20.3 Å². The molecule has 0 amide bonds. The number of ether oxygens (including phenoxy) is 2. The summed E-state index contributed by atoms with van der Waals surface area (Å²) in [6.45, 7) is 0. The number of esters is 1. The third-order valence-electron chi connectivity index (χ3n) is 4.05. The molecule has 0 saturated carbocycles. The summed E-state index contributed by atoms with van der Waals surface area (Å²) < 4.78 is 10.1. The van der Waals surface area contributed by atoms with Crippen LogP contribution in [0.4, 0.5) is 5.69 Å². The van der Waals surface area contributed by atoms with E-state index in [1.807, 2.05) is 6.20 Å². The number of nitrogens with zero attached hydrogens (tertiary/aromatic N) is 1. The number of hydrogen-bond acceptors (Lipinski definition) is 5. The molecule has 1 N–H and O–H groups in total. The summed E-state index contributed by atoms with van der Waals surface area (Å²) in [7, 11) is 2.85. The van der Waals surface area contributed by atoms with E-state index >= 15 is 0 Å². The van der Waals surface area contributed by atoms with Crippen LogP contribution in [0.1, 0.15) is 21.5 Å². The molecule has 0 atom stereocenters. The van der Waals surface area contributed by atoms with Crippen molar-refractivity contribution >= 4 is 22.6 Å². The van der Waals surface area contributed by atoms with Crippen LogP contribution in [0.5, 0.6) is 5.75 Å². The highest BCUT2D eigenvalue weighted by Crippen LogP contribution is 2.29. The molecule has 0 unspecified atom stereocenters. The molecule has 0 aliphatic heterocycles. The minimum Gasteiger partial charge on any atom is -0.496 e. The monoisotopic (exact) mass is 340 g/mol. The summed E-state index contributed by atoms with van der Waals surface area (Å²) in [4.78, 5) is 25.3. The number of methoxy groups -OCH3 is 2. The number of fused-ring (bicyclic) bond motifs is 1. The number of carbonyl (C=O) groups excluding carboxylic acids is 1. The van der Waals surface area contributed by atoms with Gasteiger partial charge in [-0.3, -0.25) is 10.1 Å². The summed E-state index contributed by atoms with van der Waals surface area (Å²) in [6, 6.07) is 9.79. The van der Waals surface area contributed by atoms with Crippen molar-refractivity contribution in [2.24, 2.45) is 0 Å². The van der Waals surface area contributed by atoms with Crippen LogP contribution in [0.2, 0.25) is 0 Å². The maximum atomic E-state index is 11.6. The van der Waals surface area contributed by atoms with Crippen LogP contribution < -0.4 is 4.74 Å². The number of carbonyl (C=O) groups is 1. The van der Waals surface area contributed by atoms with Crippen molar-refractivity contribution in [3.63, 3.8) is 0 Å². The van der Waals surface area contributed by atoms with Crippen LogP contribution in [0, 0.1) is 10.1 Å². The second-order valence-electron chi connectivity index (χ2n) is 5.50. The van der Waals surface area contributed by atoms with Crippen LogP contribution in [0.3, 0.4) is 0 Å². The molecule has 0 spiro atoms. The lowest BCUT2D eigenvalue weighted by Crippen LogP contribution is -2.03. The van der Waals surface area contributed by atoms with Gasteiger partial charge in [0.05, 0.1) is 24.7 Å². The molecule has 1 aromatic heterocycles. The Kier molecular flexibility index (Phi) is 4.38. The summed E-state index contributed by atoms with van der Waals surface area (Å²) >= 11 is 0. The van der Waals surface area contributed by atoms with Gasteiger partial charge in [-0.25, -0.2) is 4.79 Å². The maximum absolute atomic E-state index is 11.6. The van der Waals surface area contributed by atoms with Crippen LogP contribution in [-0.4, -0.2) is 30.1 Å². The standard InChI is InChI=1S/C18H16N2O5/c1-24-17-8-12(18(21)25-2)4-3-11(17)7-13-10-19-16-6-5-14(20(22)23)9-15(13)16/h3-6,8-10,19H,7H2,1-2H3. The van der Waals surface area contributed by atoms with Gasteiger partial charge in [-0.15, -0.1) is 0 Å². The molecule has 0 bridgehead atoms. The van der Waals surface area contributed by atoms with E-state index < -0.39 is 10.9 Å². The first-order valence-electron chi connectivity index (χ1n) is 7.53. The van der Waals surface area contributed by atoms with Crippen LogP contribution >= 0.6 is 0 Å². The van der Waals surface area contributed by atoms with Gasteiger partial charge in [0.25, 0.3) is 5.69 Å². The van der Waals surface area contributed by atoms with Gasteiger partial charge >= 0.3 is 5.97 Å². The first kappa shape index (κ1) is 16.5. The largest absolute Gasteiger partial charge is 0.496 e. The number of benzene rings is 2. The van der Waals surface area contributed by atoms with Crippen molar-refractivity contribution in [3.8, 4) is 5.75 Å². The normalized spacial score (nSPS) is 10.6. The minimum atomic E-state index is -0.437. The minimum absolute atomic E-state index is 0.0429. The van der Waals surface area contributed by atoms with E-state index in [2.05, 4.69) is 4.98 Å². The predicted molar refractivity (Wildman–Crippen MR) is 92.1 cm³/mol. The van der Waals surface area contributed by atoms with Gasteiger partial charge in [-0.2, -0.15) is 0 Å². The Balaban J connectivity index is 1.99. The van der Waals surface area contributed by atoms with Crippen molar-refractivity contribution < 1.29 is 19.2 Å². The maximum Gasteiger partial charge on any atom is 0.337 e. The lowest BCUT2D eigenvalue weighted by atomic mass is 10.0. The molecule has 7 nitrogen and oxygen atoms in total. The third-order valence-corrected chi connectivity index (χ3v) is 4.05. The highest BCUT2D eigenvalue weighted by atomic mass is 16.6. The van der Waals surface area contributed by atoms with E-state index in [1.54, 1.807) is 30.3 Å². The molecule has 0 fully saturated rings. The zero-order valence-electron chi connectivity index (χ0n) is 13.7. The molecule has 128 valence electrons. The molecule has 7 heteroatoms. The topological polar surface area (TPSA) is 94.5 Å². The van der Waals surface area contributed by atoms with Crippen molar-refractivity contribution in [2.75, 3.05) is 14.2 Å². The Morgan fingerprint density at radius 1 is 1.16 bits per heavy atom. The second kappa shape index (κ2) is 6.64. The molecule has 0 aliphatic carbocycles. The van der Waals surface area contributed by atoms with Gasteiger partial charge in [-0.1, -0.05) is 6.07 Å². The van der Waals surface area contributed by atoms with Crippen molar-refractivity contribution in [1.29, 1.82) is 0 Å². The Labute approximate surface area is 143 Å². The molecule has 3 aromatic rings. The Morgan fingerprint density at radius 3 is 2.64 bits per heavy atom. The molecular weight excluding hydrogens is 324 g/mol. The van der Waals surface area contributed by atoms with Gasteiger partial charge in [0, 0.05) is 35.7 Å².